The molecule has 1 aromatic carbocycles. The third-order valence-corrected chi connectivity index (χ3v) is 3.56. The maximum atomic E-state index is 5.93. The molecule has 0 aliphatic heterocycles. The maximum absolute atomic E-state index is 5.93. The van der Waals surface area contributed by atoms with E-state index in [1.54, 1.807) is 17.4 Å². The zero-order valence-corrected chi connectivity index (χ0v) is 10.2. The molecular formula is C10H8Cl2N2S. The highest BCUT2D eigenvalue weighted by Crippen LogP contribution is 2.31. The Balaban J connectivity index is 2.40. The standard InChI is InChI=1S/C10H8Cl2N2S/c1-13-9-5-15-10(14-9)6-2-3-7(11)8(12)4-6/h2-5,13H,1H3. The van der Waals surface area contributed by atoms with Crippen LogP contribution in [0.5, 0.6) is 0 Å². The Morgan fingerprint density at radius 1 is 1.27 bits per heavy atom. The number of aromatic nitrogens is 1. The zero-order valence-electron chi connectivity index (χ0n) is 7.92. The second-order valence-corrected chi connectivity index (χ2v) is 4.59. The summed E-state index contributed by atoms with van der Waals surface area (Å²) >= 11 is 13.3. The molecule has 2 nitrogen and oxygen atoms in total. The lowest BCUT2D eigenvalue weighted by Crippen LogP contribution is -1.86. The molecule has 0 atom stereocenters. The van der Waals surface area contributed by atoms with Gasteiger partial charge in [0.15, 0.2) is 0 Å². The summed E-state index contributed by atoms with van der Waals surface area (Å²) in [7, 11) is 1.84. The van der Waals surface area contributed by atoms with Crippen molar-refractivity contribution in [3.05, 3.63) is 33.6 Å². The average Bonchev–Trinajstić information content (AvgIpc) is 2.70. The summed E-state index contributed by atoms with van der Waals surface area (Å²) in [6, 6.07) is 5.51. The third kappa shape index (κ3) is 2.25. The minimum Gasteiger partial charge on any atom is -0.372 e. The number of nitrogens with zero attached hydrogens (tertiary/aromatic N) is 1. The predicted molar refractivity (Wildman–Crippen MR) is 67.1 cm³/mol. The Morgan fingerprint density at radius 3 is 2.67 bits per heavy atom. The van der Waals surface area contributed by atoms with Crippen molar-refractivity contribution in [3.63, 3.8) is 0 Å². The van der Waals surface area contributed by atoms with Crippen LogP contribution in [0.4, 0.5) is 5.82 Å². The van der Waals surface area contributed by atoms with Crippen LogP contribution in [0.3, 0.4) is 0 Å². The first-order valence-electron chi connectivity index (χ1n) is 4.29. The number of benzene rings is 1. The summed E-state index contributed by atoms with van der Waals surface area (Å²) in [6.07, 6.45) is 0. The SMILES string of the molecule is CNc1csc(-c2ccc(Cl)c(Cl)c2)n1. The molecule has 0 saturated carbocycles. The van der Waals surface area contributed by atoms with Gasteiger partial charge in [-0.15, -0.1) is 11.3 Å². The molecule has 0 fully saturated rings. The van der Waals surface area contributed by atoms with Gasteiger partial charge < -0.3 is 5.32 Å². The minimum absolute atomic E-state index is 0.551. The van der Waals surface area contributed by atoms with E-state index in [0.29, 0.717) is 10.0 Å². The van der Waals surface area contributed by atoms with Gasteiger partial charge >= 0.3 is 0 Å². The number of anilines is 1. The van der Waals surface area contributed by atoms with Gasteiger partial charge in [-0.3, -0.25) is 0 Å². The zero-order chi connectivity index (χ0) is 10.8. The molecule has 0 bridgehead atoms. The van der Waals surface area contributed by atoms with Crippen molar-refractivity contribution in [2.75, 3.05) is 12.4 Å². The Labute approximate surface area is 102 Å². The number of hydrogen-bond acceptors (Lipinski definition) is 3. The van der Waals surface area contributed by atoms with Gasteiger partial charge in [0.2, 0.25) is 0 Å². The smallest absolute Gasteiger partial charge is 0.137 e. The molecule has 15 heavy (non-hydrogen) atoms. The van der Waals surface area contributed by atoms with Crippen molar-refractivity contribution >= 4 is 40.4 Å². The van der Waals surface area contributed by atoms with E-state index in [1.807, 2.05) is 24.6 Å². The van der Waals surface area contributed by atoms with Gasteiger partial charge in [0.05, 0.1) is 10.0 Å². The summed E-state index contributed by atoms with van der Waals surface area (Å²) in [5, 5.41) is 6.98. The summed E-state index contributed by atoms with van der Waals surface area (Å²) in [5.74, 6) is 0.862. The van der Waals surface area contributed by atoms with Crippen LogP contribution in [0.1, 0.15) is 0 Å². The Morgan fingerprint density at radius 2 is 2.07 bits per heavy atom. The largest absolute Gasteiger partial charge is 0.372 e. The molecular weight excluding hydrogens is 251 g/mol. The van der Waals surface area contributed by atoms with Crippen LogP contribution in [0, 0.1) is 0 Å². The number of halogens is 2. The lowest BCUT2D eigenvalue weighted by atomic mass is 10.2. The topological polar surface area (TPSA) is 24.9 Å². The molecule has 78 valence electrons. The molecule has 0 aliphatic carbocycles. The Hall–Kier alpha value is -0.770. The minimum atomic E-state index is 0.551. The average molecular weight is 259 g/mol. The van der Waals surface area contributed by atoms with Crippen molar-refractivity contribution in [1.82, 2.24) is 4.98 Å². The van der Waals surface area contributed by atoms with E-state index in [0.717, 1.165) is 16.4 Å². The van der Waals surface area contributed by atoms with Gasteiger partial charge in [-0.05, 0) is 12.1 Å². The predicted octanol–water partition coefficient (Wildman–Crippen LogP) is 4.16. The number of rotatable bonds is 2. The molecule has 2 aromatic rings. The molecule has 1 heterocycles. The Kier molecular flexibility index (Phi) is 3.14. The van der Waals surface area contributed by atoms with Gasteiger partial charge in [-0.1, -0.05) is 29.3 Å². The third-order valence-electron chi connectivity index (χ3n) is 1.93. The fourth-order valence-corrected chi connectivity index (χ4v) is 2.26. The first-order valence-corrected chi connectivity index (χ1v) is 5.93. The summed E-state index contributed by atoms with van der Waals surface area (Å²) in [4.78, 5) is 4.38. The van der Waals surface area contributed by atoms with Crippen LogP contribution in [0.15, 0.2) is 23.6 Å². The molecule has 0 spiro atoms. The molecule has 0 saturated heterocycles. The van der Waals surface area contributed by atoms with Crippen molar-refractivity contribution in [2.24, 2.45) is 0 Å². The molecule has 1 aromatic heterocycles. The van der Waals surface area contributed by atoms with E-state index in [9.17, 15) is 0 Å². The number of hydrogen-bond donors (Lipinski definition) is 1. The van der Waals surface area contributed by atoms with Crippen molar-refractivity contribution < 1.29 is 0 Å². The van der Waals surface area contributed by atoms with E-state index < -0.39 is 0 Å². The molecule has 5 heteroatoms. The molecule has 2 rings (SSSR count). The molecule has 0 radical (unpaired) electrons. The van der Waals surface area contributed by atoms with E-state index in [1.165, 1.54) is 0 Å². The van der Waals surface area contributed by atoms with E-state index in [2.05, 4.69) is 10.3 Å². The second kappa shape index (κ2) is 4.39. The van der Waals surface area contributed by atoms with Crippen LogP contribution in [0.25, 0.3) is 10.6 Å². The lowest BCUT2D eigenvalue weighted by Gasteiger charge is -1.99. The van der Waals surface area contributed by atoms with Crippen LogP contribution >= 0.6 is 34.5 Å². The summed E-state index contributed by atoms with van der Waals surface area (Å²) in [5.41, 5.74) is 0.982. The monoisotopic (exact) mass is 258 g/mol. The fourth-order valence-electron chi connectivity index (χ4n) is 1.15. The van der Waals surface area contributed by atoms with E-state index in [4.69, 9.17) is 23.2 Å². The molecule has 0 unspecified atom stereocenters. The number of thiazole rings is 1. The van der Waals surface area contributed by atoms with Gasteiger partial charge in [0, 0.05) is 18.0 Å². The second-order valence-electron chi connectivity index (χ2n) is 2.92. The van der Waals surface area contributed by atoms with Crippen LogP contribution in [-0.2, 0) is 0 Å². The van der Waals surface area contributed by atoms with Gasteiger partial charge in [0.1, 0.15) is 10.8 Å². The highest BCUT2D eigenvalue weighted by Gasteiger charge is 2.05. The lowest BCUT2D eigenvalue weighted by molar-refractivity contribution is 1.35. The highest BCUT2D eigenvalue weighted by molar-refractivity contribution is 7.13. The fraction of sp³-hybridized carbons (Fsp3) is 0.100. The van der Waals surface area contributed by atoms with Crippen LogP contribution in [-0.4, -0.2) is 12.0 Å². The van der Waals surface area contributed by atoms with Gasteiger partial charge in [0.25, 0.3) is 0 Å². The molecule has 0 amide bonds. The molecule has 0 aliphatic rings. The van der Waals surface area contributed by atoms with E-state index >= 15 is 0 Å². The van der Waals surface area contributed by atoms with E-state index in [-0.39, 0.29) is 0 Å². The van der Waals surface area contributed by atoms with Gasteiger partial charge in [-0.2, -0.15) is 0 Å². The highest BCUT2D eigenvalue weighted by atomic mass is 35.5. The maximum Gasteiger partial charge on any atom is 0.137 e. The first-order chi connectivity index (χ1) is 7.20. The van der Waals surface area contributed by atoms with Crippen molar-refractivity contribution in [1.29, 1.82) is 0 Å². The first kappa shape index (κ1) is 10.7. The van der Waals surface area contributed by atoms with Crippen LogP contribution in [0.2, 0.25) is 10.0 Å². The number of nitrogens with one attached hydrogen (secondary N) is 1. The van der Waals surface area contributed by atoms with Crippen LogP contribution < -0.4 is 5.32 Å². The van der Waals surface area contributed by atoms with Gasteiger partial charge in [-0.25, -0.2) is 4.98 Å². The Bertz CT molecular complexity index is 482. The summed E-state index contributed by atoms with van der Waals surface area (Å²) < 4.78 is 0. The van der Waals surface area contributed by atoms with Crippen molar-refractivity contribution in [3.8, 4) is 10.6 Å². The quantitative estimate of drug-likeness (QED) is 0.875. The summed E-state index contributed by atoms with van der Waals surface area (Å²) in [6.45, 7) is 0. The van der Waals surface area contributed by atoms with Crippen molar-refractivity contribution in [2.45, 2.75) is 0 Å². The molecule has 1 N–H and O–H groups in total. The normalized spacial score (nSPS) is 10.3.